The highest BCUT2D eigenvalue weighted by molar-refractivity contribution is 6.16. The molecule has 0 spiro atoms. The topological polar surface area (TPSA) is 120 Å². The van der Waals surface area contributed by atoms with Gasteiger partial charge in [-0.25, -0.2) is 9.97 Å². The molecule has 1 saturated heterocycles. The Labute approximate surface area is 224 Å². The van der Waals surface area contributed by atoms with Crippen LogP contribution < -0.4 is 15.8 Å². The van der Waals surface area contributed by atoms with E-state index in [1.807, 2.05) is 98.4 Å². The molecule has 9 nitrogen and oxygen atoms in total. The molecule has 38 heavy (non-hydrogen) atoms. The highest BCUT2D eigenvalue weighted by atomic mass is 16.5. The monoisotopic (exact) mass is 515 g/mol. The number of nitrogens with two attached hydrogens (primary N) is 1. The molecule has 0 saturated carbocycles. The first-order chi connectivity index (χ1) is 18.4. The number of ether oxygens (including phenoxy) is 1. The maximum atomic E-state index is 12.5. The first kappa shape index (κ1) is 28.3. The van der Waals surface area contributed by atoms with Crippen LogP contribution in [0, 0.1) is 5.41 Å². The fraction of sp³-hybridized carbons (Fsp3) is 0.310. The minimum atomic E-state index is -0.00544. The zero-order chi connectivity index (χ0) is 27.5. The third-order valence-electron chi connectivity index (χ3n) is 5.82. The molecule has 1 amide bonds. The minimum Gasteiger partial charge on any atom is -0.457 e. The van der Waals surface area contributed by atoms with Gasteiger partial charge in [0.05, 0.1) is 11.3 Å². The fourth-order valence-electron chi connectivity index (χ4n) is 3.96. The molecule has 1 fully saturated rings. The predicted octanol–water partition coefficient (Wildman–Crippen LogP) is 4.42. The highest BCUT2D eigenvalue weighted by Gasteiger charge is 2.27. The second-order valence-electron chi connectivity index (χ2n) is 8.88. The summed E-state index contributed by atoms with van der Waals surface area (Å²) in [7, 11) is 3.92. The Morgan fingerprint density at radius 2 is 1.82 bits per heavy atom. The number of nitrogen functional groups attached to an aromatic ring is 1. The zero-order valence-electron chi connectivity index (χ0n) is 22.5. The van der Waals surface area contributed by atoms with E-state index in [-0.39, 0.29) is 23.5 Å². The van der Waals surface area contributed by atoms with Gasteiger partial charge in [-0.3, -0.25) is 10.2 Å². The van der Waals surface area contributed by atoms with Gasteiger partial charge in [-0.1, -0.05) is 38.1 Å². The number of para-hydroxylation sites is 1. The molecule has 1 aliphatic rings. The second-order valence-corrected chi connectivity index (χ2v) is 8.88. The van der Waals surface area contributed by atoms with Crippen LogP contribution in [-0.4, -0.2) is 71.2 Å². The number of nitrogens with zero attached hydrogens (tertiary/aromatic N) is 4. The summed E-state index contributed by atoms with van der Waals surface area (Å²) in [5, 5.41) is 12.2. The van der Waals surface area contributed by atoms with Gasteiger partial charge in [-0.2, -0.15) is 0 Å². The van der Waals surface area contributed by atoms with Gasteiger partial charge in [0, 0.05) is 37.3 Å². The molecule has 0 bridgehead atoms. The van der Waals surface area contributed by atoms with E-state index >= 15 is 0 Å². The number of nitrogens with one attached hydrogen (secondary N) is 2. The number of aromatic nitrogens is 2. The van der Waals surface area contributed by atoms with Crippen LogP contribution in [-0.2, 0) is 4.79 Å². The van der Waals surface area contributed by atoms with E-state index in [1.165, 1.54) is 6.33 Å². The predicted molar refractivity (Wildman–Crippen MR) is 153 cm³/mol. The van der Waals surface area contributed by atoms with Gasteiger partial charge >= 0.3 is 0 Å². The molecule has 200 valence electrons. The lowest BCUT2D eigenvalue weighted by Gasteiger charge is -2.19. The number of likely N-dealkylation sites (tertiary alicyclic amines) is 1. The summed E-state index contributed by atoms with van der Waals surface area (Å²) in [6.45, 7) is 5.92. The van der Waals surface area contributed by atoms with Crippen molar-refractivity contribution in [2.45, 2.75) is 26.3 Å². The van der Waals surface area contributed by atoms with Gasteiger partial charge in [0.25, 0.3) is 0 Å². The summed E-state index contributed by atoms with van der Waals surface area (Å²) < 4.78 is 5.85. The lowest BCUT2D eigenvalue weighted by atomic mass is 10.0. The van der Waals surface area contributed by atoms with Gasteiger partial charge in [0.2, 0.25) is 5.91 Å². The van der Waals surface area contributed by atoms with Crippen molar-refractivity contribution in [1.29, 1.82) is 5.41 Å². The summed E-state index contributed by atoms with van der Waals surface area (Å²) >= 11 is 0. The zero-order valence-corrected chi connectivity index (χ0v) is 22.5. The molecule has 0 radical (unpaired) electrons. The largest absolute Gasteiger partial charge is 0.457 e. The molecule has 2 aromatic carbocycles. The molecule has 1 aliphatic heterocycles. The van der Waals surface area contributed by atoms with Crippen molar-refractivity contribution >= 4 is 23.3 Å². The number of hydrogen-bond donors (Lipinski definition) is 3. The van der Waals surface area contributed by atoms with Crippen molar-refractivity contribution in [3.8, 4) is 11.5 Å². The van der Waals surface area contributed by atoms with Crippen LogP contribution in [0.3, 0.4) is 0 Å². The van der Waals surface area contributed by atoms with Crippen molar-refractivity contribution < 1.29 is 9.53 Å². The number of carbonyl (C=O) groups is 1. The van der Waals surface area contributed by atoms with Gasteiger partial charge in [0.1, 0.15) is 29.5 Å². The number of rotatable bonds is 9. The van der Waals surface area contributed by atoms with Gasteiger partial charge < -0.3 is 25.6 Å². The Kier molecular flexibility index (Phi) is 10.4. The van der Waals surface area contributed by atoms with E-state index in [2.05, 4.69) is 15.3 Å². The second kappa shape index (κ2) is 13.9. The minimum absolute atomic E-state index is 0.00121. The van der Waals surface area contributed by atoms with Crippen LogP contribution >= 0.6 is 0 Å². The van der Waals surface area contributed by atoms with E-state index in [0.29, 0.717) is 42.3 Å². The molecule has 0 aliphatic carbocycles. The van der Waals surface area contributed by atoms with Crippen molar-refractivity contribution in [2.24, 2.45) is 0 Å². The average molecular weight is 516 g/mol. The third kappa shape index (κ3) is 7.63. The number of anilines is 2. The first-order valence-corrected chi connectivity index (χ1v) is 12.8. The SMILES string of the molecule is CC.CN(C)C/C=C/C(=O)N1CCC(Nc2ncnc(N)c2C(=N)c2ccc(Oc3ccccc3)cc2)C1. The summed E-state index contributed by atoms with van der Waals surface area (Å²) in [5.74, 6) is 2.11. The van der Waals surface area contributed by atoms with Crippen molar-refractivity contribution in [3.63, 3.8) is 0 Å². The molecule has 2 heterocycles. The van der Waals surface area contributed by atoms with Crippen LogP contribution in [0.5, 0.6) is 11.5 Å². The quantitative estimate of drug-likeness (QED) is 0.285. The van der Waals surface area contributed by atoms with E-state index in [4.69, 9.17) is 15.9 Å². The number of likely N-dealkylation sites (N-methyl/N-ethyl adjacent to an activating group) is 1. The number of hydrogen-bond acceptors (Lipinski definition) is 8. The summed E-state index contributed by atoms with van der Waals surface area (Å²) in [4.78, 5) is 24.8. The first-order valence-electron chi connectivity index (χ1n) is 12.8. The van der Waals surface area contributed by atoms with Gasteiger partial charge in [0.15, 0.2) is 0 Å². The smallest absolute Gasteiger partial charge is 0.246 e. The van der Waals surface area contributed by atoms with Crippen LogP contribution in [0.1, 0.15) is 31.4 Å². The summed E-state index contributed by atoms with van der Waals surface area (Å²) in [5.41, 5.74) is 7.49. The third-order valence-corrected chi connectivity index (χ3v) is 5.82. The van der Waals surface area contributed by atoms with Crippen molar-refractivity contribution in [1.82, 2.24) is 19.8 Å². The number of amides is 1. The van der Waals surface area contributed by atoms with Crippen LogP contribution in [0.2, 0.25) is 0 Å². The standard InChI is InChI=1S/C27H31N7O2.C2H6/c1-33(2)15-6-9-23(35)34-16-14-20(17-34)32-27-24(26(29)30-18-31-27)25(28)19-10-12-22(13-11-19)36-21-7-4-3-5-8-21;1-2/h3-13,18,20,28H,14-17H2,1-2H3,(H3,29,30,31,32);1-2H3/b9-6+,28-25?;. The number of benzene rings is 2. The molecule has 1 atom stereocenters. The lowest BCUT2D eigenvalue weighted by molar-refractivity contribution is -0.125. The lowest BCUT2D eigenvalue weighted by Crippen LogP contribution is -2.31. The van der Waals surface area contributed by atoms with E-state index in [1.54, 1.807) is 6.08 Å². The fourth-order valence-corrected chi connectivity index (χ4v) is 3.96. The summed E-state index contributed by atoms with van der Waals surface area (Å²) in [6, 6.07) is 16.8. The molecule has 4 N–H and O–H groups in total. The Morgan fingerprint density at radius 1 is 1.13 bits per heavy atom. The molecule has 1 unspecified atom stereocenters. The van der Waals surface area contributed by atoms with Crippen LogP contribution in [0.4, 0.5) is 11.6 Å². The summed E-state index contributed by atoms with van der Waals surface area (Å²) in [6.07, 6.45) is 5.64. The molecular formula is C29H37N7O2. The van der Waals surface area contributed by atoms with E-state index in [9.17, 15) is 4.79 Å². The van der Waals surface area contributed by atoms with Gasteiger partial charge in [-0.05, 0) is 56.9 Å². The molecular weight excluding hydrogens is 478 g/mol. The maximum Gasteiger partial charge on any atom is 0.246 e. The van der Waals surface area contributed by atoms with Crippen molar-refractivity contribution in [3.05, 3.63) is 84.2 Å². The van der Waals surface area contributed by atoms with E-state index in [0.717, 1.165) is 12.2 Å². The molecule has 3 aromatic rings. The van der Waals surface area contributed by atoms with E-state index < -0.39 is 0 Å². The molecule has 4 rings (SSSR count). The Bertz CT molecular complexity index is 1230. The van der Waals surface area contributed by atoms with Crippen molar-refractivity contribution in [2.75, 3.05) is 44.8 Å². The Morgan fingerprint density at radius 3 is 2.50 bits per heavy atom. The van der Waals surface area contributed by atoms with Gasteiger partial charge in [-0.15, -0.1) is 0 Å². The normalized spacial score (nSPS) is 14.8. The average Bonchev–Trinajstić information content (AvgIpc) is 3.39. The maximum absolute atomic E-state index is 12.5. The molecule has 9 heteroatoms. The highest BCUT2D eigenvalue weighted by Crippen LogP contribution is 2.26. The number of carbonyl (C=O) groups excluding carboxylic acids is 1. The van der Waals surface area contributed by atoms with Crippen LogP contribution in [0.25, 0.3) is 0 Å². The van der Waals surface area contributed by atoms with Crippen LogP contribution in [0.15, 0.2) is 73.1 Å². The Balaban J connectivity index is 0.00000195. The molecule has 1 aromatic heterocycles. The Hall–Kier alpha value is -4.24.